The molecule has 2 heterocycles. The number of hydrogen-bond donors (Lipinski definition) is 1. The Bertz CT molecular complexity index is 860. The summed E-state index contributed by atoms with van der Waals surface area (Å²) in [4.78, 5) is 19.5. The van der Waals surface area contributed by atoms with Gasteiger partial charge in [0.2, 0.25) is 5.91 Å². The third kappa shape index (κ3) is 3.52. The van der Waals surface area contributed by atoms with Crippen LogP contribution in [0.2, 0.25) is 0 Å². The van der Waals surface area contributed by atoms with Crippen LogP contribution in [0.4, 0.5) is 0 Å². The van der Waals surface area contributed by atoms with Crippen LogP contribution in [0.5, 0.6) is 0 Å². The van der Waals surface area contributed by atoms with Gasteiger partial charge in [-0.25, -0.2) is 4.98 Å². The van der Waals surface area contributed by atoms with E-state index in [9.17, 15) is 4.79 Å². The molecule has 0 spiro atoms. The number of benzene rings is 2. The molecule has 1 fully saturated rings. The van der Waals surface area contributed by atoms with Crippen LogP contribution in [0.3, 0.4) is 0 Å². The normalized spacial score (nSPS) is 17.2. The van der Waals surface area contributed by atoms with E-state index in [2.05, 4.69) is 15.2 Å². The Balaban J connectivity index is 1.54. The lowest BCUT2D eigenvalue weighted by Gasteiger charge is -2.34. The summed E-state index contributed by atoms with van der Waals surface area (Å²) >= 11 is 0. The van der Waals surface area contributed by atoms with Crippen molar-refractivity contribution in [2.75, 3.05) is 6.54 Å². The second-order valence-corrected chi connectivity index (χ2v) is 6.67. The topological polar surface area (TPSA) is 61.9 Å². The molecule has 3 aromatic rings. The SMILES string of the molecule is O=C(Cc1ccccc1)N1CCCCC1c1nc(-c2ccccc2)n[nH]1. The maximum absolute atomic E-state index is 12.9. The van der Waals surface area contributed by atoms with Crippen molar-refractivity contribution < 1.29 is 4.79 Å². The lowest BCUT2D eigenvalue weighted by Crippen LogP contribution is -2.39. The second kappa shape index (κ2) is 7.52. The van der Waals surface area contributed by atoms with Crippen molar-refractivity contribution in [1.82, 2.24) is 20.1 Å². The second-order valence-electron chi connectivity index (χ2n) is 6.67. The highest BCUT2D eigenvalue weighted by Gasteiger charge is 2.30. The average Bonchev–Trinajstić information content (AvgIpc) is 3.19. The lowest BCUT2D eigenvalue weighted by molar-refractivity contribution is -0.134. The smallest absolute Gasteiger partial charge is 0.227 e. The summed E-state index contributed by atoms with van der Waals surface area (Å²) in [6.45, 7) is 0.775. The van der Waals surface area contributed by atoms with E-state index in [0.29, 0.717) is 12.2 Å². The Morgan fingerprint density at radius 2 is 1.77 bits per heavy atom. The van der Waals surface area contributed by atoms with E-state index in [0.717, 1.165) is 42.8 Å². The van der Waals surface area contributed by atoms with Gasteiger partial charge in [-0.2, -0.15) is 5.10 Å². The van der Waals surface area contributed by atoms with Gasteiger partial charge in [0, 0.05) is 12.1 Å². The number of carbonyl (C=O) groups excluding carboxylic acids is 1. The Hall–Kier alpha value is -2.95. The fourth-order valence-electron chi connectivity index (χ4n) is 3.53. The van der Waals surface area contributed by atoms with E-state index < -0.39 is 0 Å². The first-order valence-corrected chi connectivity index (χ1v) is 9.12. The first-order valence-electron chi connectivity index (χ1n) is 9.12. The van der Waals surface area contributed by atoms with Crippen LogP contribution in [0.1, 0.15) is 36.7 Å². The number of nitrogens with one attached hydrogen (secondary N) is 1. The predicted octanol–water partition coefficient (Wildman–Crippen LogP) is 3.77. The molecular formula is C21H22N4O. The zero-order valence-corrected chi connectivity index (χ0v) is 14.6. The van der Waals surface area contributed by atoms with Crippen molar-refractivity contribution in [3.63, 3.8) is 0 Å². The van der Waals surface area contributed by atoms with Gasteiger partial charge in [-0.1, -0.05) is 60.7 Å². The molecule has 1 N–H and O–H groups in total. The zero-order chi connectivity index (χ0) is 17.8. The molecule has 1 aliphatic heterocycles. The maximum atomic E-state index is 12.9. The highest BCUT2D eigenvalue weighted by atomic mass is 16.2. The van der Waals surface area contributed by atoms with Gasteiger partial charge in [0.25, 0.3) is 0 Å². The minimum atomic E-state index is -0.0232. The van der Waals surface area contributed by atoms with Crippen LogP contribution in [0, 0.1) is 0 Å². The number of H-pyrrole nitrogens is 1. The van der Waals surface area contributed by atoms with Crippen LogP contribution in [0.15, 0.2) is 60.7 Å². The minimum Gasteiger partial charge on any atom is -0.332 e. The third-order valence-corrected chi connectivity index (χ3v) is 4.87. The van der Waals surface area contributed by atoms with Crippen molar-refractivity contribution in [2.24, 2.45) is 0 Å². The predicted molar refractivity (Wildman–Crippen MR) is 100 cm³/mol. The molecule has 2 aromatic carbocycles. The summed E-state index contributed by atoms with van der Waals surface area (Å²) in [6.07, 6.45) is 3.48. The molecule has 0 aliphatic carbocycles. The molecule has 5 heteroatoms. The molecule has 1 atom stereocenters. The summed E-state index contributed by atoms with van der Waals surface area (Å²) in [5, 5.41) is 7.43. The highest BCUT2D eigenvalue weighted by molar-refractivity contribution is 5.79. The van der Waals surface area contributed by atoms with Crippen molar-refractivity contribution in [1.29, 1.82) is 0 Å². The number of nitrogens with zero attached hydrogens (tertiary/aromatic N) is 3. The van der Waals surface area contributed by atoms with Crippen LogP contribution >= 0.6 is 0 Å². The quantitative estimate of drug-likeness (QED) is 0.782. The lowest BCUT2D eigenvalue weighted by atomic mass is 10.00. The largest absolute Gasteiger partial charge is 0.332 e. The van der Waals surface area contributed by atoms with Crippen LogP contribution in [0.25, 0.3) is 11.4 Å². The average molecular weight is 346 g/mol. The molecule has 1 aliphatic rings. The summed E-state index contributed by atoms with van der Waals surface area (Å²) in [7, 11) is 0. The number of carbonyl (C=O) groups is 1. The van der Waals surface area contributed by atoms with Gasteiger partial charge in [-0.15, -0.1) is 0 Å². The van der Waals surface area contributed by atoms with E-state index >= 15 is 0 Å². The van der Waals surface area contributed by atoms with Gasteiger partial charge < -0.3 is 4.90 Å². The molecule has 4 rings (SSSR count). The minimum absolute atomic E-state index is 0.0232. The number of rotatable bonds is 4. The number of hydrogen-bond acceptors (Lipinski definition) is 3. The number of amides is 1. The Morgan fingerprint density at radius 1 is 1.04 bits per heavy atom. The van der Waals surface area contributed by atoms with Gasteiger partial charge in [-0.05, 0) is 24.8 Å². The van der Waals surface area contributed by atoms with Gasteiger partial charge in [0.1, 0.15) is 5.82 Å². The first-order chi connectivity index (χ1) is 12.8. The van der Waals surface area contributed by atoms with E-state index in [4.69, 9.17) is 0 Å². The van der Waals surface area contributed by atoms with E-state index in [1.165, 1.54) is 0 Å². The summed E-state index contributed by atoms with van der Waals surface area (Å²) in [5.41, 5.74) is 2.03. The Kier molecular flexibility index (Phi) is 4.78. The molecule has 132 valence electrons. The molecule has 1 unspecified atom stereocenters. The summed E-state index contributed by atoms with van der Waals surface area (Å²) < 4.78 is 0. The molecule has 1 aromatic heterocycles. The van der Waals surface area contributed by atoms with Crippen LogP contribution in [-0.2, 0) is 11.2 Å². The van der Waals surface area contributed by atoms with E-state index in [1.807, 2.05) is 65.6 Å². The van der Waals surface area contributed by atoms with Crippen molar-refractivity contribution >= 4 is 5.91 Å². The molecule has 5 nitrogen and oxygen atoms in total. The zero-order valence-electron chi connectivity index (χ0n) is 14.6. The molecule has 26 heavy (non-hydrogen) atoms. The fourth-order valence-corrected chi connectivity index (χ4v) is 3.53. The third-order valence-electron chi connectivity index (χ3n) is 4.87. The Morgan fingerprint density at radius 3 is 2.54 bits per heavy atom. The summed E-state index contributed by atoms with van der Waals surface area (Å²) in [6, 6.07) is 19.8. The standard InChI is InChI=1S/C21H22N4O/c26-19(15-16-9-3-1-4-10-16)25-14-8-7-13-18(25)21-22-20(23-24-21)17-11-5-2-6-12-17/h1-6,9-12,18H,7-8,13-15H2,(H,22,23,24). The van der Waals surface area contributed by atoms with Crippen molar-refractivity contribution in [2.45, 2.75) is 31.7 Å². The number of aromatic amines is 1. The fraction of sp³-hybridized carbons (Fsp3) is 0.286. The molecular weight excluding hydrogens is 324 g/mol. The van der Waals surface area contributed by atoms with E-state index in [1.54, 1.807) is 0 Å². The van der Waals surface area contributed by atoms with Crippen LogP contribution < -0.4 is 0 Å². The van der Waals surface area contributed by atoms with Gasteiger partial charge in [0.05, 0.1) is 12.5 Å². The molecule has 0 bridgehead atoms. The number of aromatic nitrogens is 3. The van der Waals surface area contributed by atoms with Gasteiger partial charge in [0.15, 0.2) is 5.82 Å². The molecule has 0 radical (unpaired) electrons. The maximum Gasteiger partial charge on any atom is 0.227 e. The van der Waals surface area contributed by atoms with Crippen molar-refractivity contribution in [3.8, 4) is 11.4 Å². The Labute approximate surface area is 153 Å². The number of piperidine rings is 1. The van der Waals surface area contributed by atoms with Gasteiger partial charge >= 0.3 is 0 Å². The molecule has 0 saturated carbocycles. The van der Waals surface area contributed by atoms with Crippen LogP contribution in [-0.4, -0.2) is 32.5 Å². The number of likely N-dealkylation sites (tertiary alicyclic amines) is 1. The van der Waals surface area contributed by atoms with Gasteiger partial charge in [-0.3, -0.25) is 9.89 Å². The summed E-state index contributed by atoms with van der Waals surface area (Å²) in [5.74, 6) is 1.62. The monoisotopic (exact) mass is 346 g/mol. The first kappa shape index (κ1) is 16.5. The molecule has 1 amide bonds. The highest BCUT2D eigenvalue weighted by Crippen LogP contribution is 2.30. The van der Waals surface area contributed by atoms with Crippen molar-refractivity contribution in [3.05, 3.63) is 72.1 Å². The van der Waals surface area contributed by atoms with E-state index in [-0.39, 0.29) is 11.9 Å². The molecule has 1 saturated heterocycles.